The van der Waals surface area contributed by atoms with Gasteiger partial charge in [-0.05, 0) is 19.2 Å². The third-order valence-corrected chi connectivity index (χ3v) is 4.95. The Labute approximate surface area is 189 Å². The molecule has 0 aliphatic carbocycles. The van der Waals surface area contributed by atoms with Crippen molar-refractivity contribution >= 4 is 17.6 Å². The van der Waals surface area contributed by atoms with E-state index in [4.69, 9.17) is 10.2 Å². The maximum absolute atomic E-state index is 12.7. The Kier molecular flexibility index (Phi) is 7.71. The summed E-state index contributed by atoms with van der Waals surface area (Å²) in [7, 11) is 2.11. The summed E-state index contributed by atoms with van der Waals surface area (Å²) in [5.41, 5.74) is 2.56. The van der Waals surface area contributed by atoms with E-state index >= 15 is 0 Å². The van der Waals surface area contributed by atoms with Gasteiger partial charge in [-0.3, -0.25) is 14.5 Å². The standard InChI is InChI=1S/C18H20N6O.C4H4O4/c1-22-7-9-23(10-8-22)16-11-17(25)24(14-5-3-2-4-6-14)12-15(16)18-19-13-20-21-18;5-3(6)1-2-4(7)8/h2-6,11-13H,7-10H2,1H3,(H,19,20,21);1-2H,(H,5,6)(H,7,8)/b;2-1+. The number of benzene rings is 1. The number of carboxylic acid groups (broad SMARTS) is 2. The molecule has 11 heteroatoms. The highest BCUT2D eigenvalue weighted by Crippen LogP contribution is 2.28. The number of aliphatic carboxylic acids is 2. The van der Waals surface area contributed by atoms with Crippen LogP contribution in [-0.4, -0.2) is 80.0 Å². The van der Waals surface area contributed by atoms with E-state index < -0.39 is 11.9 Å². The van der Waals surface area contributed by atoms with Gasteiger partial charge in [0.1, 0.15) is 6.33 Å². The second-order valence-electron chi connectivity index (χ2n) is 7.25. The van der Waals surface area contributed by atoms with Crippen LogP contribution in [0.5, 0.6) is 0 Å². The van der Waals surface area contributed by atoms with E-state index in [1.165, 1.54) is 6.33 Å². The summed E-state index contributed by atoms with van der Waals surface area (Å²) in [5, 5.41) is 22.5. The number of hydrogen-bond acceptors (Lipinski definition) is 7. The molecule has 11 nitrogen and oxygen atoms in total. The predicted molar refractivity (Wildman–Crippen MR) is 122 cm³/mol. The van der Waals surface area contributed by atoms with E-state index in [0.717, 1.165) is 43.1 Å². The topological polar surface area (TPSA) is 145 Å². The molecule has 0 amide bonds. The number of piperazine rings is 1. The lowest BCUT2D eigenvalue weighted by Crippen LogP contribution is -2.45. The Bertz CT molecular complexity index is 1150. The summed E-state index contributed by atoms with van der Waals surface area (Å²) in [6.07, 6.45) is 4.46. The van der Waals surface area contributed by atoms with Crippen molar-refractivity contribution in [2.24, 2.45) is 0 Å². The van der Waals surface area contributed by atoms with Crippen LogP contribution >= 0.6 is 0 Å². The number of rotatable bonds is 5. The number of nitrogens with zero attached hydrogens (tertiary/aromatic N) is 5. The summed E-state index contributed by atoms with van der Waals surface area (Å²) < 4.78 is 1.65. The van der Waals surface area contributed by atoms with E-state index in [-0.39, 0.29) is 5.56 Å². The number of hydrogen-bond donors (Lipinski definition) is 3. The summed E-state index contributed by atoms with van der Waals surface area (Å²) >= 11 is 0. The van der Waals surface area contributed by atoms with Gasteiger partial charge in [0, 0.05) is 56.3 Å². The van der Waals surface area contributed by atoms with Crippen LogP contribution in [0.3, 0.4) is 0 Å². The fraction of sp³-hybridized carbons (Fsp3) is 0.227. The SMILES string of the molecule is CN1CCN(c2cc(=O)n(-c3ccccc3)cc2-c2ncn[nH]2)CC1.O=C(O)/C=C/C(=O)O. The van der Waals surface area contributed by atoms with Crippen LogP contribution in [0, 0.1) is 0 Å². The van der Waals surface area contributed by atoms with Crippen LogP contribution in [0.1, 0.15) is 0 Å². The van der Waals surface area contributed by atoms with Gasteiger partial charge >= 0.3 is 11.9 Å². The minimum absolute atomic E-state index is 0.0524. The normalized spacial score (nSPS) is 14.0. The van der Waals surface area contributed by atoms with Crippen molar-refractivity contribution in [1.82, 2.24) is 24.6 Å². The third kappa shape index (κ3) is 6.37. The fourth-order valence-corrected chi connectivity index (χ4v) is 3.28. The molecule has 0 saturated carbocycles. The Hall–Kier alpha value is -4.25. The van der Waals surface area contributed by atoms with Crippen molar-refractivity contribution in [3.8, 4) is 17.1 Å². The molecule has 0 bridgehead atoms. The summed E-state index contributed by atoms with van der Waals surface area (Å²) in [5.74, 6) is -1.85. The van der Waals surface area contributed by atoms with E-state index in [2.05, 4.69) is 32.0 Å². The van der Waals surface area contributed by atoms with Gasteiger partial charge in [0.15, 0.2) is 5.82 Å². The van der Waals surface area contributed by atoms with Crippen molar-refractivity contribution in [2.45, 2.75) is 0 Å². The van der Waals surface area contributed by atoms with Gasteiger partial charge < -0.3 is 20.0 Å². The van der Waals surface area contributed by atoms with Gasteiger partial charge in [-0.2, -0.15) is 5.10 Å². The lowest BCUT2D eigenvalue weighted by Gasteiger charge is -2.35. The number of pyridine rings is 1. The van der Waals surface area contributed by atoms with Crippen LogP contribution in [0.25, 0.3) is 17.1 Å². The van der Waals surface area contributed by atoms with E-state index in [1.54, 1.807) is 10.6 Å². The van der Waals surface area contributed by atoms with Crippen molar-refractivity contribution in [3.05, 3.63) is 71.4 Å². The molecular weight excluding hydrogens is 428 g/mol. The highest BCUT2D eigenvalue weighted by atomic mass is 16.4. The first-order valence-electron chi connectivity index (χ1n) is 10.1. The van der Waals surface area contributed by atoms with Gasteiger partial charge in [-0.1, -0.05) is 18.2 Å². The molecule has 172 valence electrons. The quantitative estimate of drug-likeness (QED) is 0.484. The van der Waals surface area contributed by atoms with Crippen LogP contribution in [0.2, 0.25) is 0 Å². The highest BCUT2D eigenvalue weighted by molar-refractivity contribution is 5.89. The van der Waals surface area contributed by atoms with Gasteiger partial charge in [0.05, 0.1) is 11.3 Å². The molecule has 0 radical (unpaired) electrons. The number of carbonyl (C=O) groups is 2. The molecule has 33 heavy (non-hydrogen) atoms. The molecular formula is C22H24N6O5. The van der Waals surface area contributed by atoms with Crippen LogP contribution in [0.4, 0.5) is 5.69 Å². The molecule has 2 aromatic heterocycles. The van der Waals surface area contributed by atoms with Crippen LogP contribution in [-0.2, 0) is 9.59 Å². The second-order valence-corrected chi connectivity index (χ2v) is 7.25. The van der Waals surface area contributed by atoms with Crippen LogP contribution < -0.4 is 10.5 Å². The Morgan fingerprint density at radius 3 is 2.21 bits per heavy atom. The summed E-state index contributed by atoms with van der Waals surface area (Å²) in [6.45, 7) is 3.70. The average Bonchev–Trinajstić information content (AvgIpc) is 3.34. The average molecular weight is 452 g/mol. The van der Waals surface area contributed by atoms with Crippen molar-refractivity contribution in [1.29, 1.82) is 0 Å². The van der Waals surface area contributed by atoms with Crippen LogP contribution in [0.15, 0.2) is 65.9 Å². The van der Waals surface area contributed by atoms with Gasteiger partial charge in [-0.25, -0.2) is 14.6 Å². The number of aromatic nitrogens is 4. The van der Waals surface area contributed by atoms with Crippen molar-refractivity contribution in [2.75, 3.05) is 38.1 Å². The summed E-state index contributed by atoms with van der Waals surface area (Å²) in [4.78, 5) is 40.7. The predicted octanol–water partition coefficient (Wildman–Crippen LogP) is 1.09. The van der Waals surface area contributed by atoms with Gasteiger partial charge in [0.2, 0.25) is 0 Å². The zero-order chi connectivity index (χ0) is 23.8. The number of carboxylic acids is 2. The Morgan fingerprint density at radius 2 is 1.67 bits per heavy atom. The van der Waals surface area contributed by atoms with Gasteiger partial charge in [-0.15, -0.1) is 0 Å². The van der Waals surface area contributed by atoms with Crippen molar-refractivity contribution in [3.63, 3.8) is 0 Å². The molecule has 1 fully saturated rings. The minimum Gasteiger partial charge on any atom is -0.478 e. The maximum Gasteiger partial charge on any atom is 0.328 e. The molecule has 0 atom stereocenters. The molecule has 1 aromatic carbocycles. The second kappa shape index (κ2) is 10.9. The van der Waals surface area contributed by atoms with Gasteiger partial charge in [0.25, 0.3) is 5.56 Å². The first kappa shape index (κ1) is 23.4. The molecule has 0 unspecified atom stereocenters. The maximum atomic E-state index is 12.7. The van der Waals surface area contributed by atoms with Crippen molar-refractivity contribution < 1.29 is 19.8 Å². The van der Waals surface area contributed by atoms with E-state index in [1.807, 2.05) is 36.5 Å². The summed E-state index contributed by atoms with van der Waals surface area (Å²) in [6, 6.07) is 11.3. The number of aromatic amines is 1. The first-order chi connectivity index (χ1) is 15.8. The monoisotopic (exact) mass is 452 g/mol. The molecule has 1 aliphatic rings. The molecule has 3 aromatic rings. The largest absolute Gasteiger partial charge is 0.478 e. The number of nitrogens with one attached hydrogen (secondary N) is 1. The zero-order valence-corrected chi connectivity index (χ0v) is 18.0. The van der Waals surface area contributed by atoms with E-state index in [0.29, 0.717) is 18.0 Å². The smallest absolute Gasteiger partial charge is 0.328 e. The number of para-hydroxylation sites is 1. The molecule has 0 spiro atoms. The van der Waals surface area contributed by atoms with E-state index in [9.17, 15) is 14.4 Å². The highest BCUT2D eigenvalue weighted by Gasteiger charge is 2.20. The lowest BCUT2D eigenvalue weighted by molar-refractivity contribution is -0.134. The zero-order valence-electron chi connectivity index (χ0n) is 18.0. The number of anilines is 1. The molecule has 3 N–H and O–H groups in total. The lowest BCUT2D eigenvalue weighted by atomic mass is 10.1. The molecule has 3 heterocycles. The molecule has 1 aliphatic heterocycles. The molecule has 1 saturated heterocycles. The Balaban J connectivity index is 0.000000331. The number of H-pyrrole nitrogens is 1. The molecule has 4 rings (SSSR count). The number of likely N-dealkylation sites (N-methyl/N-ethyl adjacent to an activating group) is 1. The fourth-order valence-electron chi connectivity index (χ4n) is 3.28. The third-order valence-electron chi connectivity index (χ3n) is 4.95. The first-order valence-corrected chi connectivity index (χ1v) is 10.1. The minimum atomic E-state index is -1.26. The Morgan fingerprint density at radius 1 is 1.03 bits per heavy atom.